The molecule has 2 rings (SSSR count). The molecule has 6 heteroatoms. The van der Waals surface area contributed by atoms with Crippen molar-refractivity contribution in [2.75, 3.05) is 13.7 Å². The zero-order valence-electron chi connectivity index (χ0n) is 12.4. The van der Waals surface area contributed by atoms with Crippen LogP contribution in [0.5, 0.6) is 0 Å². The number of ether oxygens (including phenoxy) is 1. The van der Waals surface area contributed by atoms with Crippen molar-refractivity contribution in [3.8, 4) is 0 Å². The van der Waals surface area contributed by atoms with Crippen LogP contribution in [0.3, 0.4) is 0 Å². The van der Waals surface area contributed by atoms with Gasteiger partial charge in [0.1, 0.15) is 5.03 Å². The number of amides is 1. The summed E-state index contributed by atoms with van der Waals surface area (Å²) in [5.74, 6) is -0.141. The van der Waals surface area contributed by atoms with E-state index in [9.17, 15) is 4.79 Å². The van der Waals surface area contributed by atoms with Crippen molar-refractivity contribution in [1.29, 1.82) is 0 Å². The van der Waals surface area contributed by atoms with Crippen molar-refractivity contribution in [3.63, 3.8) is 0 Å². The molecule has 116 valence electrons. The van der Waals surface area contributed by atoms with Gasteiger partial charge in [-0.3, -0.25) is 4.79 Å². The van der Waals surface area contributed by atoms with Crippen LogP contribution in [-0.4, -0.2) is 30.6 Å². The Morgan fingerprint density at radius 1 is 1.36 bits per heavy atom. The molecule has 1 N–H and O–H groups in total. The monoisotopic (exact) mass is 380 g/mol. The lowest BCUT2D eigenvalue weighted by molar-refractivity contribution is 0.0902. The van der Waals surface area contributed by atoms with E-state index in [2.05, 4.69) is 26.2 Å². The highest BCUT2D eigenvalue weighted by molar-refractivity contribution is 9.10. The Morgan fingerprint density at radius 3 is 2.77 bits per heavy atom. The zero-order chi connectivity index (χ0) is 15.9. The summed E-state index contributed by atoms with van der Waals surface area (Å²) in [6.45, 7) is 2.38. The molecule has 1 heterocycles. The van der Waals surface area contributed by atoms with Gasteiger partial charge in [-0.25, -0.2) is 4.98 Å². The Morgan fingerprint density at radius 2 is 2.09 bits per heavy atom. The number of carbonyl (C=O) groups excluding carboxylic acids is 1. The van der Waals surface area contributed by atoms with Gasteiger partial charge in [-0.15, -0.1) is 0 Å². The van der Waals surface area contributed by atoms with Gasteiger partial charge in [0.05, 0.1) is 12.2 Å². The average molecular weight is 381 g/mol. The predicted molar refractivity (Wildman–Crippen MR) is 91.3 cm³/mol. The molecule has 0 fully saturated rings. The van der Waals surface area contributed by atoms with Crippen LogP contribution in [0, 0.1) is 0 Å². The number of rotatable bonds is 6. The second-order valence-electron chi connectivity index (χ2n) is 4.74. The molecule has 0 aliphatic rings. The largest absolute Gasteiger partial charge is 0.383 e. The lowest BCUT2D eigenvalue weighted by atomic mass is 10.2. The molecular formula is C16H17BrN2O2S. The number of nitrogens with one attached hydrogen (secondary N) is 1. The molecule has 0 saturated heterocycles. The molecule has 0 bridgehead atoms. The van der Waals surface area contributed by atoms with E-state index >= 15 is 0 Å². The Hall–Kier alpha value is -1.37. The molecule has 4 nitrogen and oxygen atoms in total. The predicted octanol–water partition coefficient (Wildman–Crippen LogP) is 3.76. The fraction of sp³-hybridized carbons (Fsp3) is 0.250. The number of hydrogen-bond donors (Lipinski definition) is 1. The van der Waals surface area contributed by atoms with E-state index in [1.807, 2.05) is 31.2 Å². The summed E-state index contributed by atoms with van der Waals surface area (Å²) in [6.07, 6.45) is 1.69. The summed E-state index contributed by atoms with van der Waals surface area (Å²) in [7, 11) is 1.61. The van der Waals surface area contributed by atoms with Crippen LogP contribution in [0.25, 0.3) is 0 Å². The van der Waals surface area contributed by atoms with E-state index in [1.165, 1.54) is 11.8 Å². The molecule has 1 unspecified atom stereocenters. The van der Waals surface area contributed by atoms with Crippen LogP contribution in [0.1, 0.15) is 17.3 Å². The first-order valence-corrected chi connectivity index (χ1v) is 8.39. The quantitative estimate of drug-likeness (QED) is 0.828. The summed E-state index contributed by atoms with van der Waals surface area (Å²) in [5, 5.41) is 3.59. The van der Waals surface area contributed by atoms with Crippen LogP contribution < -0.4 is 5.32 Å². The zero-order valence-corrected chi connectivity index (χ0v) is 14.8. The first kappa shape index (κ1) is 17.0. The average Bonchev–Trinajstić information content (AvgIpc) is 2.50. The Balaban J connectivity index is 2.15. The van der Waals surface area contributed by atoms with Crippen LogP contribution in [-0.2, 0) is 4.74 Å². The van der Waals surface area contributed by atoms with E-state index in [1.54, 1.807) is 25.4 Å². The van der Waals surface area contributed by atoms with E-state index in [0.717, 1.165) is 9.37 Å². The fourth-order valence-electron chi connectivity index (χ4n) is 1.85. The van der Waals surface area contributed by atoms with E-state index in [0.29, 0.717) is 17.2 Å². The number of benzene rings is 1. The molecular weight excluding hydrogens is 364 g/mol. The fourth-order valence-corrected chi connectivity index (χ4v) is 3.00. The van der Waals surface area contributed by atoms with Gasteiger partial charge >= 0.3 is 0 Å². The molecule has 0 spiro atoms. The molecule has 1 aromatic heterocycles. The Labute approximate surface area is 142 Å². The summed E-state index contributed by atoms with van der Waals surface area (Å²) >= 11 is 4.88. The highest BCUT2D eigenvalue weighted by Gasteiger charge is 2.15. The molecule has 1 atom stereocenters. The number of hydrogen-bond acceptors (Lipinski definition) is 4. The number of halogens is 1. The van der Waals surface area contributed by atoms with E-state index in [4.69, 9.17) is 4.74 Å². The molecule has 1 amide bonds. The van der Waals surface area contributed by atoms with Gasteiger partial charge in [-0.05, 0) is 43.3 Å². The lowest BCUT2D eigenvalue weighted by Gasteiger charge is -2.14. The van der Waals surface area contributed by atoms with Crippen LogP contribution in [0.2, 0.25) is 0 Å². The molecule has 0 aliphatic heterocycles. The molecule has 0 saturated carbocycles. The van der Waals surface area contributed by atoms with Gasteiger partial charge in [0.25, 0.3) is 5.91 Å². The van der Waals surface area contributed by atoms with Gasteiger partial charge in [-0.1, -0.05) is 27.7 Å². The summed E-state index contributed by atoms with van der Waals surface area (Å²) in [6, 6.07) is 11.4. The second-order valence-corrected chi connectivity index (χ2v) is 6.72. The molecule has 1 aromatic carbocycles. The lowest BCUT2D eigenvalue weighted by Crippen LogP contribution is -2.35. The topological polar surface area (TPSA) is 51.2 Å². The van der Waals surface area contributed by atoms with Crippen LogP contribution in [0.15, 0.2) is 57.0 Å². The first-order valence-electron chi connectivity index (χ1n) is 6.78. The van der Waals surface area contributed by atoms with Crippen molar-refractivity contribution >= 4 is 33.6 Å². The van der Waals surface area contributed by atoms with Crippen LogP contribution in [0.4, 0.5) is 0 Å². The van der Waals surface area contributed by atoms with Gasteiger partial charge < -0.3 is 10.1 Å². The minimum atomic E-state index is -0.141. The SMILES string of the molecule is COCC(C)NC(=O)c1cccnc1Sc1ccc(Br)cc1. The number of carbonyl (C=O) groups is 1. The number of pyridine rings is 1. The highest BCUT2D eigenvalue weighted by Crippen LogP contribution is 2.29. The number of aromatic nitrogens is 1. The number of methoxy groups -OCH3 is 1. The third kappa shape index (κ3) is 4.83. The van der Waals surface area contributed by atoms with E-state index in [-0.39, 0.29) is 11.9 Å². The molecule has 0 radical (unpaired) electrons. The van der Waals surface area contributed by atoms with Crippen molar-refractivity contribution in [1.82, 2.24) is 10.3 Å². The Bertz CT molecular complexity index is 634. The Kier molecular flexibility index (Phi) is 6.42. The van der Waals surface area contributed by atoms with Crippen LogP contribution >= 0.6 is 27.7 Å². The van der Waals surface area contributed by atoms with Crippen molar-refractivity contribution in [2.24, 2.45) is 0 Å². The molecule has 0 aliphatic carbocycles. The first-order chi connectivity index (χ1) is 10.6. The minimum Gasteiger partial charge on any atom is -0.383 e. The maximum absolute atomic E-state index is 12.4. The number of nitrogens with zero attached hydrogens (tertiary/aromatic N) is 1. The normalized spacial score (nSPS) is 12.0. The molecule has 22 heavy (non-hydrogen) atoms. The van der Waals surface area contributed by atoms with Crippen molar-refractivity contribution in [3.05, 3.63) is 52.6 Å². The standard InChI is InChI=1S/C16H17BrN2O2S/c1-11(10-21-2)19-15(20)14-4-3-9-18-16(14)22-13-7-5-12(17)6-8-13/h3-9,11H,10H2,1-2H3,(H,19,20). The third-order valence-corrected chi connectivity index (χ3v) is 4.39. The van der Waals surface area contributed by atoms with Gasteiger partial charge in [0, 0.05) is 28.7 Å². The smallest absolute Gasteiger partial charge is 0.254 e. The third-order valence-electron chi connectivity index (χ3n) is 2.84. The summed E-state index contributed by atoms with van der Waals surface area (Å²) in [4.78, 5) is 17.7. The van der Waals surface area contributed by atoms with Crippen molar-refractivity contribution < 1.29 is 9.53 Å². The van der Waals surface area contributed by atoms with Gasteiger partial charge in [0.2, 0.25) is 0 Å². The minimum absolute atomic E-state index is 0.0526. The summed E-state index contributed by atoms with van der Waals surface area (Å²) < 4.78 is 6.06. The summed E-state index contributed by atoms with van der Waals surface area (Å²) in [5.41, 5.74) is 0.568. The maximum atomic E-state index is 12.4. The second kappa shape index (κ2) is 8.31. The maximum Gasteiger partial charge on any atom is 0.254 e. The van der Waals surface area contributed by atoms with Gasteiger partial charge in [0.15, 0.2) is 0 Å². The highest BCUT2D eigenvalue weighted by atomic mass is 79.9. The van der Waals surface area contributed by atoms with Crippen molar-refractivity contribution in [2.45, 2.75) is 22.9 Å². The van der Waals surface area contributed by atoms with Gasteiger partial charge in [-0.2, -0.15) is 0 Å². The van der Waals surface area contributed by atoms with E-state index < -0.39 is 0 Å². The molecule has 2 aromatic rings.